The Morgan fingerprint density at radius 2 is 2.00 bits per heavy atom. The summed E-state index contributed by atoms with van der Waals surface area (Å²) in [6.45, 7) is 6.43. The Labute approximate surface area is 119 Å². The summed E-state index contributed by atoms with van der Waals surface area (Å²) in [5.41, 5.74) is 8.45. The summed E-state index contributed by atoms with van der Waals surface area (Å²) in [6, 6.07) is 0. The molecule has 0 saturated carbocycles. The number of methoxy groups -OCH3 is 1. The van der Waals surface area contributed by atoms with Gasteiger partial charge in [0.25, 0.3) is 0 Å². The molecule has 1 aromatic rings. The van der Waals surface area contributed by atoms with Gasteiger partial charge in [0.15, 0.2) is 0 Å². The molecule has 5 nitrogen and oxygen atoms in total. The molecule has 0 aliphatic carbocycles. The van der Waals surface area contributed by atoms with Gasteiger partial charge in [-0.1, -0.05) is 26.1 Å². The average molecular weight is 283 g/mol. The molecule has 0 aliphatic rings. The average Bonchev–Trinajstić information content (AvgIpc) is 2.37. The molecule has 106 valence electrons. The molecule has 1 rings (SSSR count). The van der Waals surface area contributed by atoms with E-state index in [-0.39, 0.29) is 6.10 Å². The van der Waals surface area contributed by atoms with Crippen LogP contribution in [0.1, 0.15) is 37.6 Å². The molecule has 6 heteroatoms. The molecule has 0 spiro atoms. The van der Waals surface area contributed by atoms with Crippen LogP contribution in [0, 0.1) is 0 Å². The van der Waals surface area contributed by atoms with Crippen molar-refractivity contribution in [3.8, 4) is 5.88 Å². The van der Waals surface area contributed by atoms with Crippen molar-refractivity contribution < 1.29 is 9.47 Å². The first-order valence-electron chi connectivity index (χ1n) is 6.38. The second-order valence-corrected chi connectivity index (χ2v) is 4.70. The van der Waals surface area contributed by atoms with Gasteiger partial charge in [-0.15, -0.1) is 5.10 Å². The van der Waals surface area contributed by atoms with Crippen LogP contribution in [0.3, 0.4) is 0 Å². The quantitative estimate of drug-likeness (QED) is 0.767. The van der Waals surface area contributed by atoms with Crippen LogP contribution < -0.4 is 10.5 Å². The fraction of sp³-hybridized carbons (Fsp3) is 0.615. The molecule has 1 atom stereocenters. The minimum atomic E-state index is -0.135. The van der Waals surface area contributed by atoms with Crippen LogP contribution in [-0.2, 0) is 17.6 Å². The molecule has 1 heterocycles. The van der Waals surface area contributed by atoms with Gasteiger partial charge in [-0.2, -0.15) is 5.10 Å². The first-order chi connectivity index (χ1) is 9.04. The lowest BCUT2D eigenvalue weighted by Crippen LogP contribution is -2.23. The van der Waals surface area contributed by atoms with E-state index in [2.05, 4.69) is 10.2 Å². The van der Waals surface area contributed by atoms with Crippen LogP contribution in [0.25, 0.3) is 0 Å². The van der Waals surface area contributed by atoms with Gasteiger partial charge in [0.05, 0.1) is 17.9 Å². The number of aryl methyl sites for hydroxylation is 1. The van der Waals surface area contributed by atoms with Gasteiger partial charge in [-0.05, 0) is 25.3 Å². The topological polar surface area (TPSA) is 70.3 Å². The molecular weight excluding hydrogens is 262 g/mol. The van der Waals surface area contributed by atoms with E-state index in [4.69, 9.17) is 27.4 Å². The lowest BCUT2D eigenvalue weighted by Gasteiger charge is -2.18. The summed E-state index contributed by atoms with van der Waals surface area (Å²) in [5.74, 6) is 0.395. The Bertz CT molecular complexity index is 452. The fourth-order valence-corrected chi connectivity index (χ4v) is 2.16. The van der Waals surface area contributed by atoms with Gasteiger partial charge in [-0.3, -0.25) is 0 Å². The number of thiocarbonyl (C=S) groups is 1. The molecule has 0 fully saturated rings. The molecule has 2 N–H and O–H groups in total. The van der Waals surface area contributed by atoms with E-state index in [1.165, 1.54) is 0 Å². The van der Waals surface area contributed by atoms with Gasteiger partial charge in [0, 0.05) is 7.11 Å². The highest BCUT2D eigenvalue weighted by atomic mass is 32.1. The third-order valence-electron chi connectivity index (χ3n) is 2.77. The summed E-state index contributed by atoms with van der Waals surface area (Å²) in [4.78, 5) is 0.293. The zero-order valence-corrected chi connectivity index (χ0v) is 12.7. The maximum atomic E-state index is 5.82. The Morgan fingerprint density at radius 3 is 2.47 bits per heavy atom. The highest BCUT2D eigenvalue weighted by Crippen LogP contribution is 2.23. The van der Waals surface area contributed by atoms with Crippen molar-refractivity contribution in [2.45, 2.75) is 39.7 Å². The maximum Gasteiger partial charge on any atom is 0.244 e. The van der Waals surface area contributed by atoms with E-state index < -0.39 is 0 Å². The van der Waals surface area contributed by atoms with Gasteiger partial charge in [0.1, 0.15) is 11.1 Å². The minimum absolute atomic E-state index is 0.135. The van der Waals surface area contributed by atoms with Crippen molar-refractivity contribution >= 4 is 17.2 Å². The van der Waals surface area contributed by atoms with Crippen LogP contribution in [0.2, 0.25) is 0 Å². The van der Waals surface area contributed by atoms with E-state index in [9.17, 15) is 0 Å². The normalized spacial score (nSPS) is 12.2. The second-order valence-electron chi connectivity index (χ2n) is 4.26. The number of aromatic nitrogens is 2. The molecule has 0 saturated heterocycles. The molecule has 0 amide bonds. The van der Waals surface area contributed by atoms with Crippen molar-refractivity contribution in [3.63, 3.8) is 0 Å². The van der Waals surface area contributed by atoms with Gasteiger partial charge in [-0.25, -0.2) is 0 Å². The zero-order valence-electron chi connectivity index (χ0n) is 11.9. The van der Waals surface area contributed by atoms with E-state index in [1.54, 1.807) is 7.11 Å². The SMILES string of the molecule is CCc1nnc(OC(C)COC)c(C(N)=S)c1CC. The van der Waals surface area contributed by atoms with Crippen molar-refractivity contribution in [2.75, 3.05) is 13.7 Å². The van der Waals surface area contributed by atoms with E-state index in [1.807, 2.05) is 20.8 Å². The molecule has 1 aromatic heterocycles. The standard InChI is InChI=1S/C13H21N3O2S/c1-5-9-10(6-2)15-16-13(11(9)12(14)19)18-8(3)7-17-4/h8H,5-7H2,1-4H3,(H2,14,19). The minimum Gasteiger partial charge on any atom is -0.471 e. The Kier molecular flexibility index (Phi) is 6.11. The Hall–Kier alpha value is -1.27. The predicted octanol–water partition coefficient (Wildman–Crippen LogP) is 1.65. The highest BCUT2D eigenvalue weighted by molar-refractivity contribution is 7.80. The third-order valence-corrected chi connectivity index (χ3v) is 2.98. The van der Waals surface area contributed by atoms with Crippen molar-refractivity contribution in [2.24, 2.45) is 5.73 Å². The molecule has 19 heavy (non-hydrogen) atoms. The monoisotopic (exact) mass is 283 g/mol. The largest absolute Gasteiger partial charge is 0.471 e. The van der Waals surface area contributed by atoms with E-state index in [0.717, 1.165) is 24.1 Å². The second kappa shape index (κ2) is 7.35. The molecule has 0 radical (unpaired) electrons. The van der Waals surface area contributed by atoms with Crippen molar-refractivity contribution in [1.82, 2.24) is 10.2 Å². The van der Waals surface area contributed by atoms with E-state index >= 15 is 0 Å². The Balaban J connectivity index is 3.20. The van der Waals surface area contributed by atoms with Crippen LogP contribution in [0.5, 0.6) is 5.88 Å². The van der Waals surface area contributed by atoms with Crippen LogP contribution >= 0.6 is 12.2 Å². The number of hydrogen-bond acceptors (Lipinski definition) is 5. The summed E-state index contributed by atoms with van der Waals surface area (Å²) < 4.78 is 10.8. The number of hydrogen-bond donors (Lipinski definition) is 1. The molecule has 0 bridgehead atoms. The van der Waals surface area contributed by atoms with Gasteiger partial charge in [0.2, 0.25) is 5.88 Å². The summed E-state index contributed by atoms with van der Waals surface area (Å²) >= 11 is 5.13. The van der Waals surface area contributed by atoms with E-state index in [0.29, 0.717) is 23.0 Å². The number of rotatable bonds is 7. The predicted molar refractivity (Wildman–Crippen MR) is 78.6 cm³/mol. The van der Waals surface area contributed by atoms with Crippen molar-refractivity contribution in [3.05, 3.63) is 16.8 Å². The lowest BCUT2D eigenvalue weighted by atomic mass is 10.0. The maximum absolute atomic E-state index is 5.82. The van der Waals surface area contributed by atoms with Crippen molar-refractivity contribution in [1.29, 1.82) is 0 Å². The fourth-order valence-electron chi connectivity index (χ4n) is 1.95. The summed E-state index contributed by atoms with van der Waals surface area (Å²) in [7, 11) is 1.62. The first kappa shape index (κ1) is 15.8. The summed E-state index contributed by atoms with van der Waals surface area (Å²) in [5, 5.41) is 8.30. The smallest absolute Gasteiger partial charge is 0.244 e. The summed E-state index contributed by atoms with van der Waals surface area (Å²) in [6.07, 6.45) is 1.45. The van der Waals surface area contributed by atoms with Crippen LogP contribution in [0.4, 0.5) is 0 Å². The van der Waals surface area contributed by atoms with Crippen LogP contribution in [-0.4, -0.2) is 35.0 Å². The highest BCUT2D eigenvalue weighted by Gasteiger charge is 2.19. The third kappa shape index (κ3) is 3.84. The molecule has 1 unspecified atom stereocenters. The van der Waals surface area contributed by atoms with Crippen LogP contribution in [0.15, 0.2) is 0 Å². The van der Waals surface area contributed by atoms with Gasteiger partial charge >= 0.3 is 0 Å². The lowest BCUT2D eigenvalue weighted by molar-refractivity contribution is 0.0880. The molecule has 0 aliphatic heterocycles. The Morgan fingerprint density at radius 1 is 1.32 bits per heavy atom. The number of nitrogens with two attached hydrogens (primary N) is 1. The first-order valence-corrected chi connectivity index (χ1v) is 6.79. The zero-order chi connectivity index (χ0) is 14.4. The number of nitrogens with zero attached hydrogens (tertiary/aromatic N) is 2. The molecular formula is C13H21N3O2S. The molecule has 0 aromatic carbocycles. The van der Waals surface area contributed by atoms with Gasteiger partial charge < -0.3 is 15.2 Å². The number of ether oxygens (including phenoxy) is 2.